The number of hydrogen-bond donors (Lipinski definition) is 2. The van der Waals surface area contributed by atoms with E-state index in [1.54, 1.807) is 6.07 Å². The molecule has 1 aromatic carbocycles. The van der Waals surface area contributed by atoms with Gasteiger partial charge in [-0.1, -0.05) is 18.5 Å². The van der Waals surface area contributed by atoms with Gasteiger partial charge in [0, 0.05) is 19.5 Å². The Hall–Kier alpha value is -1.42. The van der Waals surface area contributed by atoms with E-state index in [9.17, 15) is 4.79 Å². The summed E-state index contributed by atoms with van der Waals surface area (Å²) in [5.41, 5.74) is 8.26. The average Bonchev–Trinajstić information content (AvgIpc) is 2.86. The normalized spacial score (nSPS) is 14.9. The molecular formula is C13H18ClN3O. The van der Waals surface area contributed by atoms with Crippen molar-refractivity contribution in [2.75, 3.05) is 29.0 Å². The second-order valence-corrected chi connectivity index (χ2v) is 4.89. The lowest BCUT2D eigenvalue weighted by Gasteiger charge is -2.21. The molecule has 1 heterocycles. The van der Waals surface area contributed by atoms with Crippen LogP contribution in [0.15, 0.2) is 12.1 Å². The molecule has 0 aliphatic carbocycles. The Morgan fingerprint density at radius 2 is 2.11 bits per heavy atom. The van der Waals surface area contributed by atoms with Gasteiger partial charge < -0.3 is 16.0 Å². The van der Waals surface area contributed by atoms with Crippen LogP contribution in [0.4, 0.5) is 17.1 Å². The third kappa shape index (κ3) is 2.70. The second kappa shape index (κ2) is 5.48. The van der Waals surface area contributed by atoms with Crippen molar-refractivity contribution >= 4 is 34.6 Å². The maximum absolute atomic E-state index is 11.4. The van der Waals surface area contributed by atoms with E-state index in [0.29, 0.717) is 22.8 Å². The van der Waals surface area contributed by atoms with Crippen LogP contribution in [0.3, 0.4) is 0 Å². The number of carbonyl (C=O) groups is 1. The number of halogens is 1. The summed E-state index contributed by atoms with van der Waals surface area (Å²) < 4.78 is 0. The van der Waals surface area contributed by atoms with Crippen LogP contribution in [0.25, 0.3) is 0 Å². The summed E-state index contributed by atoms with van der Waals surface area (Å²) in [4.78, 5) is 13.7. The quantitative estimate of drug-likeness (QED) is 0.828. The van der Waals surface area contributed by atoms with Crippen LogP contribution in [0, 0.1) is 0 Å². The van der Waals surface area contributed by atoms with Crippen molar-refractivity contribution < 1.29 is 4.79 Å². The van der Waals surface area contributed by atoms with Crippen molar-refractivity contribution in [3.8, 4) is 0 Å². The van der Waals surface area contributed by atoms with Gasteiger partial charge in [0.15, 0.2) is 0 Å². The Balaban J connectivity index is 2.29. The van der Waals surface area contributed by atoms with E-state index in [4.69, 9.17) is 17.3 Å². The summed E-state index contributed by atoms with van der Waals surface area (Å²) in [5.74, 6) is -0.0472. The second-order valence-electron chi connectivity index (χ2n) is 4.49. The summed E-state index contributed by atoms with van der Waals surface area (Å²) in [6.07, 6.45) is 2.79. The SMILES string of the molecule is CCC(=O)Nc1cc(N2CCCC2)c(N)cc1Cl. The van der Waals surface area contributed by atoms with E-state index in [1.165, 1.54) is 12.8 Å². The van der Waals surface area contributed by atoms with E-state index in [2.05, 4.69) is 10.2 Å². The Labute approximate surface area is 112 Å². The highest BCUT2D eigenvalue weighted by Crippen LogP contribution is 2.35. The summed E-state index contributed by atoms with van der Waals surface area (Å²) in [6.45, 7) is 3.82. The zero-order valence-electron chi connectivity index (χ0n) is 10.5. The number of nitrogens with two attached hydrogens (primary N) is 1. The molecule has 2 rings (SSSR count). The zero-order valence-corrected chi connectivity index (χ0v) is 11.3. The number of nitrogens with zero attached hydrogens (tertiary/aromatic N) is 1. The molecule has 1 aliphatic rings. The van der Waals surface area contributed by atoms with E-state index in [-0.39, 0.29) is 5.91 Å². The van der Waals surface area contributed by atoms with Crippen LogP contribution >= 0.6 is 11.6 Å². The number of hydrogen-bond acceptors (Lipinski definition) is 3. The first-order chi connectivity index (χ1) is 8.61. The highest BCUT2D eigenvalue weighted by Gasteiger charge is 2.17. The van der Waals surface area contributed by atoms with E-state index in [0.717, 1.165) is 18.8 Å². The number of nitrogens with one attached hydrogen (secondary N) is 1. The number of carbonyl (C=O) groups excluding carboxylic acids is 1. The molecule has 0 spiro atoms. The van der Waals surface area contributed by atoms with E-state index in [1.807, 2.05) is 13.0 Å². The first kappa shape index (κ1) is 13.0. The molecule has 0 saturated carbocycles. The summed E-state index contributed by atoms with van der Waals surface area (Å²) in [6, 6.07) is 3.58. The molecule has 0 unspecified atom stereocenters. The lowest BCUT2D eigenvalue weighted by molar-refractivity contribution is -0.115. The van der Waals surface area contributed by atoms with Gasteiger partial charge in [0.1, 0.15) is 0 Å². The van der Waals surface area contributed by atoms with Crippen LogP contribution < -0.4 is 16.0 Å². The van der Waals surface area contributed by atoms with Crippen LogP contribution in [-0.2, 0) is 4.79 Å². The standard InChI is InChI=1S/C13H18ClN3O/c1-2-13(18)16-11-8-12(10(15)7-9(11)14)17-5-3-4-6-17/h7-8H,2-6,15H2,1H3,(H,16,18). The van der Waals surface area contributed by atoms with Gasteiger partial charge in [-0.15, -0.1) is 0 Å². The van der Waals surface area contributed by atoms with Gasteiger partial charge in [0.2, 0.25) is 5.91 Å². The lowest BCUT2D eigenvalue weighted by atomic mass is 10.2. The van der Waals surface area contributed by atoms with Crippen LogP contribution in [0.2, 0.25) is 5.02 Å². The molecule has 5 heteroatoms. The molecule has 0 bridgehead atoms. The van der Waals surface area contributed by atoms with Gasteiger partial charge >= 0.3 is 0 Å². The largest absolute Gasteiger partial charge is 0.397 e. The molecule has 0 aromatic heterocycles. The minimum absolute atomic E-state index is 0.0472. The predicted molar refractivity (Wildman–Crippen MR) is 76.2 cm³/mol. The molecule has 98 valence electrons. The maximum atomic E-state index is 11.4. The van der Waals surface area contributed by atoms with E-state index < -0.39 is 0 Å². The molecule has 1 amide bonds. The van der Waals surface area contributed by atoms with Crippen molar-refractivity contribution in [1.82, 2.24) is 0 Å². The average molecular weight is 268 g/mol. The fraction of sp³-hybridized carbons (Fsp3) is 0.462. The van der Waals surface area contributed by atoms with Gasteiger partial charge in [0.05, 0.1) is 22.1 Å². The third-order valence-corrected chi connectivity index (χ3v) is 3.47. The minimum Gasteiger partial charge on any atom is -0.397 e. The Bertz CT molecular complexity index is 456. The Kier molecular flexibility index (Phi) is 3.97. The number of rotatable bonds is 3. The van der Waals surface area contributed by atoms with Gasteiger partial charge in [-0.2, -0.15) is 0 Å². The summed E-state index contributed by atoms with van der Waals surface area (Å²) in [5, 5.41) is 3.28. The summed E-state index contributed by atoms with van der Waals surface area (Å²) >= 11 is 6.10. The predicted octanol–water partition coefficient (Wildman–Crippen LogP) is 2.87. The zero-order chi connectivity index (χ0) is 13.1. The van der Waals surface area contributed by atoms with Crippen molar-refractivity contribution in [1.29, 1.82) is 0 Å². The molecule has 0 radical (unpaired) electrons. The Morgan fingerprint density at radius 1 is 1.44 bits per heavy atom. The van der Waals surface area contributed by atoms with Crippen molar-refractivity contribution in [2.45, 2.75) is 26.2 Å². The molecular weight excluding hydrogens is 250 g/mol. The van der Waals surface area contributed by atoms with Crippen molar-refractivity contribution in [3.05, 3.63) is 17.2 Å². The van der Waals surface area contributed by atoms with Crippen LogP contribution in [0.1, 0.15) is 26.2 Å². The fourth-order valence-electron chi connectivity index (χ4n) is 2.14. The topological polar surface area (TPSA) is 58.4 Å². The molecule has 1 aromatic rings. The fourth-order valence-corrected chi connectivity index (χ4v) is 2.36. The van der Waals surface area contributed by atoms with Crippen LogP contribution in [0.5, 0.6) is 0 Å². The number of nitrogen functional groups attached to an aromatic ring is 1. The number of amides is 1. The Morgan fingerprint density at radius 3 is 2.72 bits per heavy atom. The van der Waals surface area contributed by atoms with Gasteiger partial charge in [0.25, 0.3) is 0 Å². The highest BCUT2D eigenvalue weighted by molar-refractivity contribution is 6.34. The number of anilines is 3. The van der Waals surface area contributed by atoms with Crippen LogP contribution in [-0.4, -0.2) is 19.0 Å². The van der Waals surface area contributed by atoms with Gasteiger partial charge in [-0.25, -0.2) is 0 Å². The first-order valence-electron chi connectivity index (χ1n) is 6.25. The monoisotopic (exact) mass is 267 g/mol. The molecule has 3 N–H and O–H groups in total. The van der Waals surface area contributed by atoms with Crippen molar-refractivity contribution in [2.24, 2.45) is 0 Å². The van der Waals surface area contributed by atoms with E-state index >= 15 is 0 Å². The number of benzene rings is 1. The molecule has 4 nitrogen and oxygen atoms in total. The lowest BCUT2D eigenvalue weighted by Crippen LogP contribution is -2.19. The molecule has 18 heavy (non-hydrogen) atoms. The van der Waals surface area contributed by atoms with Gasteiger partial charge in [-0.3, -0.25) is 4.79 Å². The maximum Gasteiger partial charge on any atom is 0.224 e. The molecule has 1 fully saturated rings. The molecule has 0 atom stereocenters. The minimum atomic E-state index is -0.0472. The first-order valence-corrected chi connectivity index (χ1v) is 6.63. The van der Waals surface area contributed by atoms with Gasteiger partial charge in [-0.05, 0) is 25.0 Å². The molecule has 1 aliphatic heterocycles. The smallest absolute Gasteiger partial charge is 0.224 e. The summed E-state index contributed by atoms with van der Waals surface area (Å²) in [7, 11) is 0. The molecule has 1 saturated heterocycles. The van der Waals surface area contributed by atoms with Crippen molar-refractivity contribution in [3.63, 3.8) is 0 Å². The third-order valence-electron chi connectivity index (χ3n) is 3.16. The highest BCUT2D eigenvalue weighted by atomic mass is 35.5.